The second kappa shape index (κ2) is 10.6. The second-order valence-corrected chi connectivity index (χ2v) is 10.0. The molecule has 3 aromatic heterocycles. The maximum atomic E-state index is 14.1. The third-order valence-corrected chi connectivity index (χ3v) is 7.10. The molecule has 0 saturated carbocycles. The molecule has 4 heterocycles. The molecule has 39 heavy (non-hydrogen) atoms. The zero-order valence-electron chi connectivity index (χ0n) is 22.2. The summed E-state index contributed by atoms with van der Waals surface area (Å²) in [6.07, 6.45) is 11.8. The first-order chi connectivity index (χ1) is 18.8. The van der Waals surface area contributed by atoms with Crippen molar-refractivity contribution in [1.82, 2.24) is 39.5 Å². The number of hydrogen-bond donors (Lipinski definition) is 2. The number of carbonyl (C=O) groups is 1. The van der Waals surface area contributed by atoms with Gasteiger partial charge in [0.1, 0.15) is 5.56 Å². The summed E-state index contributed by atoms with van der Waals surface area (Å²) in [4.78, 5) is 30.5. The Balaban J connectivity index is 1.66. The lowest BCUT2D eigenvalue weighted by Crippen LogP contribution is -2.37. The molecule has 5 rings (SSSR count). The van der Waals surface area contributed by atoms with Gasteiger partial charge in [-0.1, -0.05) is 37.6 Å². The quantitative estimate of drug-likeness (QED) is 0.319. The molecule has 0 amide bonds. The Labute approximate surface area is 224 Å². The molecule has 0 spiro atoms. The fourth-order valence-corrected chi connectivity index (χ4v) is 5.02. The minimum Gasteiger partial charge on any atom is -0.477 e. The molecule has 1 aliphatic heterocycles. The first-order valence-corrected chi connectivity index (χ1v) is 13.0. The van der Waals surface area contributed by atoms with Crippen LogP contribution in [0.1, 0.15) is 67.7 Å². The van der Waals surface area contributed by atoms with E-state index in [-0.39, 0.29) is 23.1 Å². The molecule has 1 aromatic carbocycles. The number of H-pyrrole nitrogens is 1. The standard InChI is InChI=1S/C27H31N9O3/c1-4-5-9-21-16-34(24-22(25(37)38)15-29-36(24)18(2)3)26(39)35(21)17-27(10-12-28-13-11-27)20-8-6-7-19(14-20)23-30-32-33-31-23/h6-8,10,12-16,18H,4-5,9,11,17H2,1-3H3,(H,37,38)(H,30,31,32,33). The number of aromatic nitrogens is 8. The molecule has 0 bridgehead atoms. The van der Waals surface area contributed by atoms with Gasteiger partial charge in [0.05, 0.1) is 6.20 Å². The number of tetrazole rings is 1. The van der Waals surface area contributed by atoms with Crippen LogP contribution < -0.4 is 5.69 Å². The number of imidazole rings is 1. The van der Waals surface area contributed by atoms with Gasteiger partial charge in [-0.25, -0.2) is 19.4 Å². The molecular formula is C27H31N9O3. The minimum absolute atomic E-state index is 0.0160. The summed E-state index contributed by atoms with van der Waals surface area (Å²) >= 11 is 0. The molecule has 0 radical (unpaired) electrons. The van der Waals surface area contributed by atoms with Crippen molar-refractivity contribution in [2.75, 3.05) is 0 Å². The average molecular weight is 530 g/mol. The number of aromatic carboxylic acids is 1. The van der Waals surface area contributed by atoms with E-state index >= 15 is 0 Å². The van der Waals surface area contributed by atoms with Gasteiger partial charge in [0.2, 0.25) is 0 Å². The topological polar surface area (TPSA) is 149 Å². The number of hydrogen-bond acceptors (Lipinski definition) is 7. The van der Waals surface area contributed by atoms with Crippen molar-refractivity contribution in [3.8, 4) is 17.2 Å². The lowest BCUT2D eigenvalue weighted by atomic mass is 9.76. The predicted molar refractivity (Wildman–Crippen MR) is 145 cm³/mol. The van der Waals surface area contributed by atoms with E-state index in [1.807, 2.05) is 50.4 Å². The molecule has 4 aromatic rings. The van der Waals surface area contributed by atoms with Crippen LogP contribution in [0.2, 0.25) is 0 Å². The van der Waals surface area contributed by atoms with Gasteiger partial charge in [0.15, 0.2) is 11.6 Å². The molecule has 2 N–H and O–H groups in total. The third-order valence-electron chi connectivity index (χ3n) is 7.10. The summed E-state index contributed by atoms with van der Waals surface area (Å²) in [5.74, 6) is -0.322. The lowest BCUT2D eigenvalue weighted by molar-refractivity contribution is 0.0696. The van der Waals surface area contributed by atoms with Crippen LogP contribution in [0.15, 0.2) is 58.7 Å². The highest BCUT2D eigenvalue weighted by atomic mass is 16.4. The number of nitrogens with zero attached hydrogens (tertiary/aromatic N) is 8. The first kappa shape index (κ1) is 26.0. The largest absolute Gasteiger partial charge is 0.477 e. The van der Waals surface area contributed by atoms with E-state index in [1.165, 1.54) is 10.8 Å². The van der Waals surface area contributed by atoms with Gasteiger partial charge >= 0.3 is 11.7 Å². The van der Waals surface area contributed by atoms with Crippen LogP contribution >= 0.6 is 0 Å². The van der Waals surface area contributed by atoms with Crippen molar-refractivity contribution in [2.45, 2.75) is 64.5 Å². The van der Waals surface area contributed by atoms with Crippen LogP contribution in [0.5, 0.6) is 0 Å². The number of rotatable bonds is 10. The van der Waals surface area contributed by atoms with Gasteiger partial charge in [0.25, 0.3) is 0 Å². The Kier molecular flexibility index (Phi) is 7.09. The number of carboxylic acids is 1. The Bertz CT molecular complexity index is 1590. The van der Waals surface area contributed by atoms with Crippen molar-refractivity contribution in [1.29, 1.82) is 0 Å². The van der Waals surface area contributed by atoms with Crippen molar-refractivity contribution in [3.05, 3.63) is 76.2 Å². The van der Waals surface area contributed by atoms with Crippen LogP contribution in [0.4, 0.5) is 0 Å². The normalized spacial score (nSPS) is 16.8. The van der Waals surface area contributed by atoms with Crippen LogP contribution in [0.25, 0.3) is 17.2 Å². The minimum atomic E-state index is -1.13. The number of unbranched alkanes of at least 4 members (excludes halogenated alkanes) is 1. The Morgan fingerprint density at radius 2 is 2.13 bits per heavy atom. The van der Waals surface area contributed by atoms with E-state index < -0.39 is 11.4 Å². The van der Waals surface area contributed by atoms with Crippen molar-refractivity contribution in [2.24, 2.45) is 4.99 Å². The van der Waals surface area contributed by atoms with Gasteiger partial charge in [-0.2, -0.15) is 5.10 Å². The second-order valence-electron chi connectivity index (χ2n) is 10.0. The molecule has 202 valence electrons. The summed E-state index contributed by atoms with van der Waals surface area (Å²) in [5.41, 5.74) is 1.75. The van der Waals surface area contributed by atoms with Crippen LogP contribution in [-0.4, -0.2) is 56.8 Å². The number of nitrogens with one attached hydrogen (secondary N) is 1. The molecule has 0 aliphatic carbocycles. The molecular weight excluding hydrogens is 498 g/mol. The number of aryl methyl sites for hydroxylation is 1. The molecule has 12 heteroatoms. The number of aliphatic imine (C=N–C) groups is 1. The number of benzene rings is 1. The molecule has 1 aliphatic rings. The van der Waals surface area contributed by atoms with Crippen molar-refractivity contribution >= 4 is 12.2 Å². The van der Waals surface area contributed by atoms with Crippen molar-refractivity contribution in [3.63, 3.8) is 0 Å². The van der Waals surface area contributed by atoms with Gasteiger partial charge in [0, 0.05) is 47.9 Å². The molecule has 0 fully saturated rings. The Morgan fingerprint density at radius 3 is 2.79 bits per heavy atom. The number of carboxylic acid groups (broad SMARTS) is 1. The van der Waals surface area contributed by atoms with E-state index in [0.717, 1.165) is 29.7 Å². The molecule has 0 saturated heterocycles. The molecule has 1 unspecified atom stereocenters. The fraction of sp³-hybridized carbons (Fsp3) is 0.370. The summed E-state index contributed by atoms with van der Waals surface area (Å²) in [6.45, 7) is 6.25. The van der Waals surface area contributed by atoms with E-state index in [9.17, 15) is 14.7 Å². The monoisotopic (exact) mass is 529 g/mol. The highest BCUT2D eigenvalue weighted by Gasteiger charge is 2.34. The van der Waals surface area contributed by atoms with E-state index in [1.54, 1.807) is 21.6 Å². The van der Waals surface area contributed by atoms with Crippen LogP contribution in [-0.2, 0) is 18.4 Å². The van der Waals surface area contributed by atoms with E-state index in [2.05, 4.69) is 37.6 Å². The zero-order valence-corrected chi connectivity index (χ0v) is 22.2. The van der Waals surface area contributed by atoms with Gasteiger partial charge in [-0.3, -0.25) is 14.1 Å². The Morgan fingerprint density at radius 1 is 1.28 bits per heavy atom. The maximum Gasteiger partial charge on any atom is 0.341 e. The smallest absolute Gasteiger partial charge is 0.341 e. The Hall–Kier alpha value is -4.61. The summed E-state index contributed by atoms with van der Waals surface area (Å²) in [5, 5.41) is 28.4. The van der Waals surface area contributed by atoms with Gasteiger partial charge in [-0.15, -0.1) is 5.10 Å². The average Bonchev–Trinajstić information content (AvgIpc) is 3.68. The van der Waals surface area contributed by atoms with Crippen molar-refractivity contribution < 1.29 is 9.90 Å². The zero-order chi connectivity index (χ0) is 27.6. The van der Waals surface area contributed by atoms with E-state index in [4.69, 9.17) is 0 Å². The lowest BCUT2D eigenvalue weighted by Gasteiger charge is -2.32. The molecule has 1 atom stereocenters. The number of allylic oxidation sites excluding steroid dienone is 1. The van der Waals surface area contributed by atoms with Crippen LogP contribution in [0, 0.1) is 0 Å². The third kappa shape index (κ3) is 4.85. The number of aromatic amines is 1. The van der Waals surface area contributed by atoms with Gasteiger partial charge in [-0.05, 0) is 55.2 Å². The summed E-state index contributed by atoms with van der Waals surface area (Å²) < 4.78 is 4.79. The first-order valence-electron chi connectivity index (χ1n) is 13.0. The van der Waals surface area contributed by atoms with Crippen LogP contribution in [0.3, 0.4) is 0 Å². The maximum absolute atomic E-state index is 14.1. The summed E-state index contributed by atoms with van der Waals surface area (Å²) in [7, 11) is 0. The van der Waals surface area contributed by atoms with Gasteiger partial charge < -0.3 is 5.11 Å². The fourth-order valence-electron chi connectivity index (χ4n) is 5.02. The van der Waals surface area contributed by atoms with E-state index in [0.29, 0.717) is 25.2 Å². The molecule has 12 nitrogen and oxygen atoms in total. The highest BCUT2D eigenvalue weighted by Crippen LogP contribution is 2.35. The summed E-state index contributed by atoms with van der Waals surface area (Å²) in [6, 6.07) is 7.78. The SMILES string of the molecule is CCCCc1cn(-c2c(C(=O)O)cnn2C(C)C)c(=O)n1CC1(c2cccc(-c3nnn[nH]3)c2)C=CN=CC1. The highest BCUT2D eigenvalue weighted by molar-refractivity contribution is 5.91. The predicted octanol–water partition coefficient (Wildman–Crippen LogP) is 3.56.